The molecule has 2 atom stereocenters. The minimum absolute atomic E-state index is 0.00874. The molecule has 3 heterocycles. The Morgan fingerprint density at radius 2 is 2.00 bits per heavy atom. The van der Waals surface area contributed by atoms with Gasteiger partial charge in [-0.3, -0.25) is 4.79 Å². The molecule has 3 aliphatic rings. The van der Waals surface area contributed by atoms with Gasteiger partial charge >= 0.3 is 0 Å². The van der Waals surface area contributed by atoms with Crippen molar-refractivity contribution in [3.8, 4) is 0 Å². The number of nitrogens with one attached hydrogen (secondary N) is 2. The second kappa shape index (κ2) is 7.99. The van der Waals surface area contributed by atoms with E-state index >= 15 is 0 Å². The predicted molar refractivity (Wildman–Crippen MR) is 104 cm³/mol. The average molecular weight is 360 g/mol. The van der Waals surface area contributed by atoms with Crippen LogP contribution < -0.4 is 10.6 Å². The van der Waals surface area contributed by atoms with Crippen molar-refractivity contribution >= 4 is 11.7 Å². The zero-order valence-electron chi connectivity index (χ0n) is 16.0. The zero-order valence-corrected chi connectivity index (χ0v) is 16.0. The van der Waals surface area contributed by atoms with Gasteiger partial charge in [-0.1, -0.05) is 19.3 Å². The lowest BCUT2D eigenvalue weighted by Gasteiger charge is -2.37. The van der Waals surface area contributed by atoms with E-state index in [2.05, 4.69) is 27.6 Å². The van der Waals surface area contributed by atoms with Crippen molar-refractivity contribution in [2.45, 2.75) is 70.4 Å². The number of amides is 1. The Hall–Kier alpha value is -1.56. The zero-order chi connectivity index (χ0) is 17.9. The Kier molecular flexibility index (Phi) is 5.48. The number of fused-ring (bicyclic) bond motifs is 1. The van der Waals surface area contributed by atoms with E-state index in [-0.39, 0.29) is 5.91 Å². The summed E-state index contributed by atoms with van der Waals surface area (Å²) in [7, 11) is 0. The van der Waals surface area contributed by atoms with Crippen LogP contribution in [0.15, 0.2) is 6.20 Å². The number of rotatable bonds is 5. The number of nitrogens with zero attached hydrogens (tertiary/aromatic N) is 3. The molecular weight excluding hydrogens is 326 g/mol. The van der Waals surface area contributed by atoms with Gasteiger partial charge in [-0.15, -0.1) is 0 Å². The number of carbonyl (C=O) groups excluding carboxylic acids is 1. The van der Waals surface area contributed by atoms with Crippen molar-refractivity contribution in [3.63, 3.8) is 0 Å². The van der Waals surface area contributed by atoms with E-state index < -0.39 is 0 Å². The Bertz CT molecular complexity index is 616. The van der Waals surface area contributed by atoms with Gasteiger partial charge < -0.3 is 15.5 Å². The minimum atomic E-state index is 0.00874. The van der Waals surface area contributed by atoms with E-state index in [0.29, 0.717) is 24.2 Å². The highest BCUT2D eigenvalue weighted by molar-refractivity contribution is 5.98. The smallest absolute Gasteiger partial charge is 0.256 e. The van der Waals surface area contributed by atoms with Crippen molar-refractivity contribution in [2.24, 2.45) is 5.92 Å². The number of likely N-dealkylation sites (tertiary alicyclic amines) is 1. The maximum atomic E-state index is 12.7. The molecule has 1 aromatic heterocycles. The lowest BCUT2D eigenvalue weighted by molar-refractivity contribution is 0.0950. The average Bonchev–Trinajstić information content (AvgIpc) is 3.32. The summed E-state index contributed by atoms with van der Waals surface area (Å²) in [5.74, 6) is 1.67. The first kappa shape index (κ1) is 17.8. The van der Waals surface area contributed by atoms with Crippen LogP contribution in [0.2, 0.25) is 0 Å². The van der Waals surface area contributed by atoms with Gasteiger partial charge in [0.15, 0.2) is 0 Å². The molecule has 26 heavy (non-hydrogen) atoms. The fraction of sp³-hybridized carbons (Fsp3) is 0.800. The van der Waals surface area contributed by atoms with Crippen molar-refractivity contribution in [1.29, 1.82) is 0 Å². The van der Waals surface area contributed by atoms with Gasteiger partial charge in [0.05, 0.1) is 12.2 Å². The van der Waals surface area contributed by atoms with Crippen LogP contribution in [-0.4, -0.2) is 52.8 Å². The summed E-state index contributed by atoms with van der Waals surface area (Å²) in [6.45, 7) is 6.22. The van der Waals surface area contributed by atoms with Crippen LogP contribution in [0.1, 0.15) is 74.7 Å². The number of hydrogen-bond acceptors (Lipinski definition) is 4. The van der Waals surface area contributed by atoms with E-state index in [0.717, 1.165) is 24.7 Å². The van der Waals surface area contributed by atoms with Crippen molar-refractivity contribution in [1.82, 2.24) is 20.0 Å². The predicted octanol–water partition coefficient (Wildman–Crippen LogP) is 3.03. The van der Waals surface area contributed by atoms with Crippen LogP contribution in [0.5, 0.6) is 0 Å². The third-order valence-corrected chi connectivity index (χ3v) is 6.51. The maximum Gasteiger partial charge on any atom is 0.256 e. The first-order valence-corrected chi connectivity index (χ1v) is 10.6. The quantitative estimate of drug-likeness (QED) is 0.848. The van der Waals surface area contributed by atoms with E-state index in [1.54, 1.807) is 6.20 Å². The van der Waals surface area contributed by atoms with Crippen LogP contribution in [0.25, 0.3) is 0 Å². The van der Waals surface area contributed by atoms with Crippen molar-refractivity contribution < 1.29 is 4.79 Å². The molecule has 1 aromatic rings. The number of carbonyl (C=O) groups is 1. The molecule has 0 bridgehead atoms. The highest BCUT2D eigenvalue weighted by Gasteiger charge is 2.33. The summed E-state index contributed by atoms with van der Waals surface area (Å²) >= 11 is 0. The molecule has 6 nitrogen and oxygen atoms in total. The number of anilines is 1. The fourth-order valence-corrected chi connectivity index (χ4v) is 4.98. The highest BCUT2D eigenvalue weighted by atomic mass is 16.1. The summed E-state index contributed by atoms with van der Waals surface area (Å²) in [6, 6.07) is 0.829. The van der Waals surface area contributed by atoms with Gasteiger partial charge in [0, 0.05) is 19.1 Å². The monoisotopic (exact) mass is 359 g/mol. The first-order chi connectivity index (χ1) is 12.7. The van der Waals surface area contributed by atoms with E-state index in [9.17, 15) is 4.79 Å². The van der Waals surface area contributed by atoms with Crippen molar-refractivity contribution in [3.05, 3.63) is 11.8 Å². The van der Waals surface area contributed by atoms with Crippen LogP contribution in [0, 0.1) is 5.92 Å². The molecule has 0 spiro atoms. The molecule has 1 amide bonds. The molecule has 144 valence electrons. The molecule has 1 aliphatic carbocycles. The van der Waals surface area contributed by atoms with E-state index in [4.69, 9.17) is 0 Å². The Labute approximate surface area is 156 Å². The summed E-state index contributed by atoms with van der Waals surface area (Å²) in [5, 5.41) is 11.3. The van der Waals surface area contributed by atoms with Crippen LogP contribution >= 0.6 is 0 Å². The first-order valence-electron chi connectivity index (χ1n) is 10.6. The van der Waals surface area contributed by atoms with Gasteiger partial charge in [-0.05, 0) is 58.0 Å². The Morgan fingerprint density at radius 1 is 1.23 bits per heavy atom. The maximum absolute atomic E-state index is 12.7. The van der Waals surface area contributed by atoms with E-state index in [1.807, 2.05) is 4.68 Å². The fourth-order valence-electron chi connectivity index (χ4n) is 4.98. The molecule has 6 heteroatoms. The van der Waals surface area contributed by atoms with Crippen LogP contribution in [-0.2, 0) is 0 Å². The summed E-state index contributed by atoms with van der Waals surface area (Å²) in [5.41, 5.74) is 0.707. The van der Waals surface area contributed by atoms with Gasteiger partial charge in [-0.25, -0.2) is 4.68 Å². The number of aromatic nitrogens is 2. The normalized spacial score (nSPS) is 27.1. The molecule has 0 radical (unpaired) electrons. The van der Waals surface area contributed by atoms with Crippen molar-refractivity contribution in [2.75, 3.05) is 31.5 Å². The molecule has 4 rings (SSSR count). The summed E-state index contributed by atoms with van der Waals surface area (Å²) in [6.07, 6.45) is 12.1. The van der Waals surface area contributed by atoms with Crippen LogP contribution in [0.4, 0.5) is 5.82 Å². The molecule has 0 aromatic carbocycles. The molecule has 2 fully saturated rings. The second-order valence-electron chi connectivity index (χ2n) is 8.39. The molecule has 1 saturated carbocycles. The molecule has 1 saturated heterocycles. The van der Waals surface area contributed by atoms with Gasteiger partial charge in [0.2, 0.25) is 0 Å². The molecular formula is C20H33N5O. The van der Waals surface area contributed by atoms with Gasteiger partial charge in [-0.2, -0.15) is 5.10 Å². The minimum Gasteiger partial charge on any atom is -0.367 e. The molecule has 2 unspecified atom stereocenters. The molecule has 2 aliphatic heterocycles. The lowest BCUT2D eigenvalue weighted by atomic mass is 9.81. The second-order valence-corrected chi connectivity index (χ2v) is 8.39. The Morgan fingerprint density at radius 3 is 2.77 bits per heavy atom. The van der Waals surface area contributed by atoms with Gasteiger partial charge in [0.1, 0.15) is 11.4 Å². The highest BCUT2D eigenvalue weighted by Crippen LogP contribution is 2.36. The number of hydrogen-bond donors (Lipinski definition) is 2. The standard InChI is InChI=1S/C20H33N5O/c1-15-13-18(16-7-3-2-4-8-16)23-19-17(14-22-25(15)19)20(26)21-9-12-24-10-5-6-11-24/h14-16,18,23H,2-13H2,1H3,(H,21,26). The third-order valence-electron chi connectivity index (χ3n) is 6.51. The summed E-state index contributed by atoms with van der Waals surface area (Å²) < 4.78 is 2.01. The third kappa shape index (κ3) is 3.75. The largest absolute Gasteiger partial charge is 0.367 e. The van der Waals surface area contributed by atoms with E-state index in [1.165, 1.54) is 58.0 Å². The lowest BCUT2D eigenvalue weighted by Crippen LogP contribution is -2.39. The Balaban J connectivity index is 1.39. The van der Waals surface area contributed by atoms with Crippen LogP contribution in [0.3, 0.4) is 0 Å². The SMILES string of the molecule is CC1CC(C2CCCCC2)Nc2c(C(=O)NCCN3CCCC3)cnn21. The topological polar surface area (TPSA) is 62.2 Å². The summed E-state index contributed by atoms with van der Waals surface area (Å²) in [4.78, 5) is 15.1. The van der Waals surface area contributed by atoms with Gasteiger partial charge in [0.25, 0.3) is 5.91 Å². The molecule has 2 N–H and O–H groups in total.